The van der Waals surface area contributed by atoms with E-state index >= 15 is 0 Å². The summed E-state index contributed by atoms with van der Waals surface area (Å²) < 4.78 is 7.27. The Morgan fingerprint density at radius 2 is 2.04 bits per heavy atom. The standard InChI is InChI=1S/C16H22N4O3S/c1-11(2)8-20-16(17-18-19-20)24-10-14(22)9-23-15-6-4-13(5-7-15)12(3)21/h4-7,11,14,22H,8-10H2,1-3H3/t14-/m0/s1. The van der Waals surface area contributed by atoms with Crippen molar-refractivity contribution in [2.75, 3.05) is 12.4 Å². The molecule has 1 aromatic carbocycles. The van der Waals surface area contributed by atoms with Crippen LogP contribution in [0.2, 0.25) is 0 Å². The molecule has 0 unspecified atom stereocenters. The van der Waals surface area contributed by atoms with Crippen molar-refractivity contribution >= 4 is 17.5 Å². The van der Waals surface area contributed by atoms with Crippen molar-refractivity contribution in [2.45, 2.75) is 38.6 Å². The van der Waals surface area contributed by atoms with Crippen molar-refractivity contribution in [2.24, 2.45) is 5.92 Å². The van der Waals surface area contributed by atoms with Crippen molar-refractivity contribution in [1.82, 2.24) is 20.2 Å². The summed E-state index contributed by atoms with van der Waals surface area (Å²) >= 11 is 1.40. The van der Waals surface area contributed by atoms with Crippen LogP contribution in [0.15, 0.2) is 29.4 Å². The highest BCUT2D eigenvalue weighted by atomic mass is 32.2. The highest BCUT2D eigenvalue weighted by Gasteiger charge is 2.12. The SMILES string of the molecule is CC(=O)c1ccc(OC[C@H](O)CSc2nnnn2CC(C)C)cc1. The Morgan fingerprint density at radius 3 is 2.67 bits per heavy atom. The van der Waals surface area contributed by atoms with Gasteiger partial charge in [-0.05, 0) is 47.5 Å². The van der Waals surface area contributed by atoms with Crippen molar-refractivity contribution < 1.29 is 14.6 Å². The molecule has 0 radical (unpaired) electrons. The van der Waals surface area contributed by atoms with E-state index in [1.165, 1.54) is 18.7 Å². The van der Waals surface area contributed by atoms with Gasteiger partial charge in [0, 0.05) is 17.9 Å². The quantitative estimate of drug-likeness (QED) is 0.547. The van der Waals surface area contributed by atoms with Gasteiger partial charge in [-0.15, -0.1) is 5.10 Å². The van der Waals surface area contributed by atoms with Crippen LogP contribution < -0.4 is 4.74 Å². The van der Waals surface area contributed by atoms with Gasteiger partial charge in [0.05, 0.1) is 6.10 Å². The van der Waals surface area contributed by atoms with E-state index in [0.717, 1.165) is 6.54 Å². The second kappa shape index (κ2) is 8.79. The van der Waals surface area contributed by atoms with Crippen LogP contribution in [0.25, 0.3) is 0 Å². The molecule has 1 heterocycles. The number of ether oxygens (including phenoxy) is 1. The minimum absolute atomic E-state index is 0.0112. The lowest BCUT2D eigenvalue weighted by atomic mass is 10.1. The minimum atomic E-state index is -0.647. The summed E-state index contributed by atoms with van der Waals surface area (Å²) in [6.45, 7) is 6.61. The third-order valence-electron chi connectivity index (χ3n) is 3.15. The second-order valence-corrected chi connectivity index (χ2v) is 6.88. The molecule has 130 valence electrons. The third-order valence-corrected chi connectivity index (χ3v) is 4.25. The zero-order chi connectivity index (χ0) is 17.5. The second-order valence-electron chi connectivity index (χ2n) is 5.89. The van der Waals surface area contributed by atoms with Gasteiger partial charge in [0.2, 0.25) is 5.16 Å². The fourth-order valence-corrected chi connectivity index (χ4v) is 2.75. The molecular formula is C16H22N4O3S. The van der Waals surface area contributed by atoms with Crippen molar-refractivity contribution in [3.8, 4) is 5.75 Å². The monoisotopic (exact) mass is 350 g/mol. The van der Waals surface area contributed by atoms with Crippen LogP contribution in [-0.2, 0) is 6.54 Å². The van der Waals surface area contributed by atoms with E-state index in [1.54, 1.807) is 28.9 Å². The molecule has 0 fully saturated rings. The van der Waals surface area contributed by atoms with Crippen LogP contribution >= 0.6 is 11.8 Å². The number of Topliss-reactive ketones (excluding diaryl/α,β-unsaturated/α-hetero) is 1. The number of aromatic nitrogens is 4. The molecule has 0 spiro atoms. The average Bonchev–Trinajstić information content (AvgIpc) is 2.97. The topological polar surface area (TPSA) is 90.1 Å². The molecule has 0 aliphatic heterocycles. The number of aliphatic hydroxyl groups is 1. The molecule has 0 saturated heterocycles. The number of aliphatic hydroxyl groups excluding tert-OH is 1. The van der Waals surface area contributed by atoms with Crippen LogP contribution in [0.1, 0.15) is 31.1 Å². The van der Waals surface area contributed by atoms with Crippen molar-refractivity contribution in [3.63, 3.8) is 0 Å². The Balaban J connectivity index is 1.78. The number of tetrazole rings is 1. The van der Waals surface area contributed by atoms with Gasteiger partial charge >= 0.3 is 0 Å². The van der Waals surface area contributed by atoms with E-state index in [4.69, 9.17) is 4.74 Å². The fraction of sp³-hybridized carbons (Fsp3) is 0.500. The number of hydrogen-bond donors (Lipinski definition) is 1. The van der Waals surface area contributed by atoms with Crippen LogP contribution in [-0.4, -0.2) is 49.6 Å². The largest absolute Gasteiger partial charge is 0.491 e. The molecule has 8 heteroatoms. The van der Waals surface area contributed by atoms with E-state index in [0.29, 0.717) is 28.1 Å². The summed E-state index contributed by atoms with van der Waals surface area (Å²) in [5.74, 6) is 1.51. The number of rotatable bonds is 9. The molecule has 1 aromatic heterocycles. The van der Waals surface area contributed by atoms with Gasteiger partial charge in [-0.25, -0.2) is 4.68 Å². The van der Waals surface area contributed by atoms with Crippen LogP contribution in [0.3, 0.4) is 0 Å². The number of nitrogens with zero attached hydrogens (tertiary/aromatic N) is 4. The maximum absolute atomic E-state index is 11.2. The number of carbonyl (C=O) groups is 1. The van der Waals surface area contributed by atoms with Gasteiger partial charge in [0.25, 0.3) is 0 Å². The van der Waals surface area contributed by atoms with Gasteiger partial charge < -0.3 is 9.84 Å². The number of hydrogen-bond acceptors (Lipinski definition) is 7. The molecule has 7 nitrogen and oxygen atoms in total. The Kier molecular flexibility index (Phi) is 6.74. The van der Waals surface area contributed by atoms with Crippen LogP contribution in [0.4, 0.5) is 0 Å². The first-order valence-corrected chi connectivity index (χ1v) is 8.75. The van der Waals surface area contributed by atoms with Crippen LogP contribution in [0.5, 0.6) is 5.75 Å². The van der Waals surface area contributed by atoms with Crippen molar-refractivity contribution in [3.05, 3.63) is 29.8 Å². The Bertz CT molecular complexity index is 658. The minimum Gasteiger partial charge on any atom is -0.491 e. The maximum atomic E-state index is 11.2. The van der Waals surface area contributed by atoms with Crippen LogP contribution in [0, 0.1) is 5.92 Å². The molecule has 0 amide bonds. The van der Waals surface area contributed by atoms with Crippen molar-refractivity contribution in [1.29, 1.82) is 0 Å². The Labute approximate surface area is 145 Å². The fourth-order valence-electron chi connectivity index (χ4n) is 1.96. The summed E-state index contributed by atoms with van der Waals surface area (Å²) in [5.41, 5.74) is 0.635. The highest BCUT2D eigenvalue weighted by Crippen LogP contribution is 2.17. The molecule has 1 atom stereocenters. The molecule has 24 heavy (non-hydrogen) atoms. The summed E-state index contributed by atoms with van der Waals surface area (Å²) in [7, 11) is 0. The number of benzene rings is 1. The Morgan fingerprint density at radius 1 is 1.33 bits per heavy atom. The van der Waals surface area contributed by atoms with Gasteiger partial charge in [-0.2, -0.15) is 0 Å². The first-order valence-electron chi connectivity index (χ1n) is 7.76. The molecule has 1 N–H and O–H groups in total. The van der Waals surface area contributed by atoms with Gasteiger partial charge in [-0.1, -0.05) is 25.6 Å². The number of thioether (sulfide) groups is 1. The smallest absolute Gasteiger partial charge is 0.209 e. The Hall–Kier alpha value is -1.93. The van der Waals surface area contributed by atoms with Gasteiger partial charge in [-0.3, -0.25) is 4.79 Å². The molecule has 2 aromatic rings. The summed E-state index contributed by atoms with van der Waals surface area (Å²) in [6.07, 6.45) is -0.647. The summed E-state index contributed by atoms with van der Waals surface area (Å²) in [6, 6.07) is 6.86. The first kappa shape index (κ1) is 18.4. The van der Waals surface area contributed by atoms with E-state index in [9.17, 15) is 9.90 Å². The van der Waals surface area contributed by atoms with Gasteiger partial charge in [0.1, 0.15) is 12.4 Å². The normalized spacial score (nSPS) is 12.4. The predicted octanol–water partition coefficient (Wildman–Crippen LogP) is 2.06. The first-order chi connectivity index (χ1) is 11.5. The lowest BCUT2D eigenvalue weighted by Gasteiger charge is -2.12. The van der Waals surface area contributed by atoms with Gasteiger partial charge in [0.15, 0.2) is 5.78 Å². The summed E-state index contributed by atoms with van der Waals surface area (Å²) in [4.78, 5) is 11.2. The molecule has 0 aliphatic rings. The average molecular weight is 350 g/mol. The van der Waals surface area contributed by atoms with E-state index in [1.807, 2.05) is 0 Å². The maximum Gasteiger partial charge on any atom is 0.209 e. The molecular weight excluding hydrogens is 328 g/mol. The number of ketones is 1. The molecule has 2 rings (SSSR count). The van der Waals surface area contributed by atoms with E-state index < -0.39 is 6.10 Å². The van der Waals surface area contributed by atoms with E-state index in [2.05, 4.69) is 29.4 Å². The number of carbonyl (C=O) groups excluding carboxylic acids is 1. The zero-order valence-electron chi connectivity index (χ0n) is 14.0. The van der Waals surface area contributed by atoms with E-state index in [-0.39, 0.29) is 12.4 Å². The molecule has 0 aliphatic carbocycles. The highest BCUT2D eigenvalue weighted by molar-refractivity contribution is 7.99. The lowest BCUT2D eigenvalue weighted by Crippen LogP contribution is -2.20. The third kappa shape index (κ3) is 5.61. The summed E-state index contributed by atoms with van der Waals surface area (Å²) in [5, 5.41) is 22.3. The molecule has 0 saturated carbocycles. The molecule has 0 bridgehead atoms. The predicted molar refractivity (Wildman–Crippen MR) is 91.3 cm³/mol. The lowest BCUT2D eigenvalue weighted by molar-refractivity contribution is 0.101. The zero-order valence-corrected chi connectivity index (χ0v) is 14.9.